The second-order valence-corrected chi connectivity index (χ2v) is 8.05. The Morgan fingerprint density at radius 2 is 1.61 bits per heavy atom. The first kappa shape index (κ1) is 22.8. The Labute approximate surface area is 186 Å². The summed E-state index contributed by atoms with van der Waals surface area (Å²) in [6.45, 7) is 7.27. The molecule has 0 unspecified atom stereocenters. The fourth-order valence-electron chi connectivity index (χ4n) is 3.92. The van der Waals surface area contributed by atoms with Gasteiger partial charge in [-0.2, -0.15) is 0 Å². The molecule has 0 aliphatic rings. The van der Waals surface area contributed by atoms with Crippen molar-refractivity contribution in [3.63, 3.8) is 0 Å². The molecule has 0 amide bonds. The molecule has 3 rings (SSSR count). The molecule has 3 aromatic carbocycles. The van der Waals surface area contributed by atoms with E-state index in [1.165, 1.54) is 31.1 Å². The summed E-state index contributed by atoms with van der Waals surface area (Å²) in [4.78, 5) is 14.9. The van der Waals surface area contributed by atoms with Crippen molar-refractivity contribution < 1.29 is 9.53 Å². The van der Waals surface area contributed by atoms with Crippen molar-refractivity contribution in [3.8, 4) is 11.1 Å². The number of aryl methyl sites for hydroxylation is 1. The summed E-state index contributed by atoms with van der Waals surface area (Å²) < 4.78 is 5.05. The topological polar surface area (TPSA) is 29.5 Å². The maximum atomic E-state index is 12.4. The third kappa shape index (κ3) is 6.28. The summed E-state index contributed by atoms with van der Waals surface area (Å²) in [5.41, 5.74) is 6.37. The lowest BCUT2D eigenvalue weighted by Crippen LogP contribution is -2.27. The predicted molar refractivity (Wildman–Crippen MR) is 128 cm³/mol. The van der Waals surface area contributed by atoms with Crippen molar-refractivity contribution >= 4 is 5.97 Å². The van der Waals surface area contributed by atoms with E-state index in [9.17, 15) is 4.79 Å². The summed E-state index contributed by atoms with van der Waals surface area (Å²) in [5.74, 6) is -0.295. The largest absolute Gasteiger partial charge is 0.465 e. The van der Waals surface area contributed by atoms with Crippen LogP contribution in [0.5, 0.6) is 0 Å². The van der Waals surface area contributed by atoms with Gasteiger partial charge in [-0.25, -0.2) is 4.79 Å². The first-order valence-corrected chi connectivity index (χ1v) is 11.2. The Hall–Kier alpha value is -2.91. The van der Waals surface area contributed by atoms with E-state index in [1.807, 2.05) is 18.2 Å². The first-order valence-electron chi connectivity index (χ1n) is 11.2. The Morgan fingerprint density at radius 1 is 0.871 bits per heavy atom. The SMILES string of the molecule is CCCCN(CCc1ccccc1)Cc1ccc(C(=O)OC)c(-c2ccccc2C)c1. The third-order valence-electron chi connectivity index (χ3n) is 5.72. The second kappa shape index (κ2) is 11.5. The molecule has 162 valence electrons. The number of rotatable bonds is 10. The standard InChI is InChI=1S/C28H33NO2/c1-4-5-18-29(19-17-23-12-7-6-8-13-23)21-24-15-16-26(28(30)31-3)27(20-24)25-14-10-9-11-22(25)2/h6-16,20H,4-5,17-19,21H2,1-3H3. The number of hydrogen-bond donors (Lipinski definition) is 0. The molecule has 0 N–H and O–H groups in total. The summed E-state index contributed by atoms with van der Waals surface area (Å²) in [6.07, 6.45) is 3.40. The minimum absolute atomic E-state index is 0.295. The predicted octanol–water partition coefficient (Wildman–Crippen LogP) is 6.29. The van der Waals surface area contributed by atoms with Gasteiger partial charge in [0.1, 0.15) is 0 Å². The molecule has 0 spiro atoms. The van der Waals surface area contributed by atoms with E-state index in [0.29, 0.717) is 5.56 Å². The van der Waals surface area contributed by atoms with Gasteiger partial charge in [0, 0.05) is 13.1 Å². The van der Waals surface area contributed by atoms with Crippen LogP contribution < -0.4 is 0 Å². The molecule has 0 atom stereocenters. The van der Waals surface area contributed by atoms with Crippen LogP contribution in [0, 0.1) is 6.92 Å². The highest BCUT2D eigenvalue weighted by Crippen LogP contribution is 2.29. The van der Waals surface area contributed by atoms with Crippen molar-refractivity contribution in [1.29, 1.82) is 0 Å². The molecule has 0 aliphatic carbocycles. The molecule has 0 bridgehead atoms. The van der Waals surface area contributed by atoms with Crippen LogP contribution in [0.1, 0.15) is 46.8 Å². The lowest BCUT2D eigenvalue weighted by Gasteiger charge is -2.23. The molecule has 0 saturated carbocycles. The van der Waals surface area contributed by atoms with Gasteiger partial charge < -0.3 is 4.74 Å². The maximum Gasteiger partial charge on any atom is 0.338 e. The first-order chi connectivity index (χ1) is 15.1. The van der Waals surface area contributed by atoms with Gasteiger partial charge in [-0.05, 0) is 66.3 Å². The van der Waals surface area contributed by atoms with Crippen LogP contribution in [0.15, 0.2) is 72.8 Å². The van der Waals surface area contributed by atoms with Gasteiger partial charge in [-0.15, -0.1) is 0 Å². The van der Waals surface area contributed by atoms with Crippen LogP contribution in [-0.4, -0.2) is 31.1 Å². The molecule has 31 heavy (non-hydrogen) atoms. The average molecular weight is 416 g/mol. The molecule has 0 heterocycles. The van der Waals surface area contributed by atoms with Crippen LogP contribution in [0.3, 0.4) is 0 Å². The molecular weight excluding hydrogens is 382 g/mol. The number of carbonyl (C=O) groups excluding carboxylic acids is 1. The molecule has 0 radical (unpaired) electrons. The van der Waals surface area contributed by atoms with Crippen LogP contribution in [0.25, 0.3) is 11.1 Å². The minimum Gasteiger partial charge on any atom is -0.465 e. The number of hydrogen-bond acceptors (Lipinski definition) is 3. The van der Waals surface area contributed by atoms with Crippen LogP contribution in [0.4, 0.5) is 0 Å². The Balaban J connectivity index is 1.86. The second-order valence-electron chi connectivity index (χ2n) is 8.05. The van der Waals surface area contributed by atoms with Crippen molar-refractivity contribution in [2.75, 3.05) is 20.2 Å². The molecule has 0 fully saturated rings. The molecule has 3 aromatic rings. The smallest absolute Gasteiger partial charge is 0.338 e. The zero-order valence-electron chi connectivity index (χ0n) is 18.9. The molecule has 0 saturated heterocycles. The Kier molecular flexibility index (Phi) is 8.43. The van der Waals surface area contributed by atoms with E-state index in [-0.39, 0.29) is 5.97 Å². The molecule has 3 nitrogen and oxygen atoms in total. The third-order valence-corrected chi connectivity index (χ3v) is 5.72. The number of nitrogens with zero attached hydrogens (tertiary/aromatic N) is 1. The number of methoxy groups -OCH3 is 1. The average Bonchev–Trinajstić information content (AvgIpc) is 2.81. The van der Waals surface area contributed by atoms with Crippen LogP contribution in [-0.2, 0) is 17.7 Å². The highest BCUT2D eigenvalue weighted by molar-refractivity contribution is 5.97. The summed E-state index contributed by atoms with van der Waals surface area (Å²) in [5, 5.41) is 0. The van der Waals surface area contributed by atoms with Gasteiger partial charge in [-0.3, -0.25) is 4.90 Å². The van der Waals surface area contributed by atoms with E-state index in [2.05, 4.69) is 73.3 Å². The Morgan fingerprint density at radius 3 is 2.32 bits per heavy atom. The van der Waals surface area contributed by atoms with E-state index in [0.717, 1.165) is 42.7 Å². The van der Waals surface area contributed by atoms with Gasteiger partial charge in [0.05, 0.1) is 12.7 Å². The lowest BCUT2D eigenvalue weighted by atomic mass is 9.94. The summed E-state index contributed by atoms with van der Waals surface area (Å²) >= 11 is 0. The van der Waals surface area contributed by atoms with Gasteiger partial charge in [-0.1, -0.05) is 74.0 Å². The fraction of sp³-hybridized carbons (Fsp3) is 0.321. The van der Waals surface area contributed by atoms with Gasteiger partial charge in [0.15, 0.2) is 0 Å². The number of ether oxygens (including phenoxy) is 1. The van der Waals surface area contributed by atoms with Gasteiger partial charge in [0.2, 0.25) is 0 Å². The zero-order chi connectivity index (χ0) is 22.1. The fourth-order valence-corrected chi connectivity index (χ4v) is 3.92. The number of benzene rings is 3. The highest BCUT2D eigenvalue weighted by atomic mass is 16.5. The number of unbranched alkanes of at least 4 members (excludes halogenated alkanes) is 1. The van der Waals surface area contributed by atoms with Crippen LogP contribution >= 0.6 is 0 Å². The van der Waals surface area contributed by atoms with Gasteiger partial charge >= 0.3 is 5.97 Å². The highest BCUT2D eigenvalue weighted by Gasteiger charge is 2.16. The zero-order valence-corrected chi connectivity index (χ0v) is 18.9. The monoisotopic (exact) mass is 415 g/mol. The number of carbonyl (C=O) groups is 1. The molecular formula is C28H33NO2. The van der Waals surface area contributed by atoms with E-state index < -0.39 is 0 Å². The van der Waals surface area contributed by atoms with E-state index in [1.54, 1.807) is 0 Å². The Bertz CT molecular complexity index is 981. The quantitative estimate of drug-likeness (QED) is 0.364. The van der Waals surface area contributed by atoms with E-state index >= 15 is 0 Å². The molecule has 0 aromatic heterocycles. The molecule has 0 aliphatic heterocycles. The summed E-state index contributed by atoms with van der Waals surface area (Å²) in [6, 6.07) is 25.0. The van der Waals surface area contributed by atoms with Gasteiger partial charge in [0.25, 0.3) is 0 Å². The minimum atomic E-state index is -0.295. The number of esters is 1. The normalized spacial score (nSPS) is 11.0. The lowest BCUT2D eigenvalue weighted by molar-refractivity contribution is 0.0601. The maximum absolute atomic E-state index is 12.4. The molecule has 3 heteroatoms. The van der Waals surface area contributed by atoms with Crippen molar-refractivity contribution in [2.45, 2.75) is 39.7 Å². The van der Waals surface area contributed by atoms with E-state index in [4.69, 9.17) is 4.74 Å². The van der Waals surface area contributed by atoms with Crippen LogP contribution in [0.2, 0.25) is 0 Å². The summed E-state index contributed by atoms with van der Waals surface area (Å²) in [7, 11) is 1.44. The van der Waals surface area contributed by atoms with Crippen molar-refractivity contribution in [1.82, 2.24) is 4.90 Å². The van der Waals surface area contributed by atoms with Crippen molar-refractivity contribution in [2.24, 2.45) is 0 Å². The van der Waals surface area contributed by atoms with Crippen molar-refractivity contribution in [3.05, 3.63) is 95.1 Å².